The molecule has 0 spiro atoms. The number of hydrogen-bond donors (Lipinski definition) is 2. The smallest absolute Gasteiger partial charge is 0.296 e. The van der Waals surface area contributed by atoms with Gasteiger partial charge in [0.05, 0.1) is 5.02 Å². The number of carbonyl (C=O) groups excluding carboxylic acids is 1. The Hall–Kier alpha value is -2.41. The van der Waals surface area contributed by atoms with Crippen LogP contribution >= 0.6 is 11.6 Å². The lowest BCUT2D eigenvalue weighted by Gasteiger charge is -2.24. The van der Waals surface area contributed by atoms with E-state index in [2.05, 4.69) is 10.3 Å². The Balaban J connectivity index is 1.59. The number of aromatic hydroxyl groups is 1. The standard InChI is InChI=1S/C18H16ClFN3O3/c19-12-6-9(2-4-13(12)20)7-21-17(25)14-15(24)18(26)23-8-10-1-3-11(5-10)16(23)22-14/h2,4,6,10,24H,1,3,5,7-8H2,(H,21,25). The summed E-state index contributed by atoms with van der Waals surface area (Å²) in [4.78, 5) is 29.1. The van der Waals surface area contributed by atoms with Crippen LogP contribution in [0.3, 0.4) is 0 Å². The molecule has 1 aromatic heterocycles. The number of amides is 1. The zero-order chi connectivity index (χ0) is 18.4. The number of aromatic nitrogens is 2. The molecule has 2 aliphatic rings. The van der Waals surface area contributed by atoms with Crippen molar-refractivity contribution in [3.8, 4) is 5.75 Å². The van der Waals surface area contributed by atoms with Gasteiger partial charge in [0.15, 0.2) is 5.69 Å². The number of nitrogens with one attached hydrogen (secondary N) is 1. The third kappa shape index (κ3) is 2.86. The maximum absolute atomic E-state index is 13.2. The van der Waals surface area contributed by atoms with E-state index in [-0.39, 0.29) is 17.3 Å². The second-order valence-electron chi connectivity index (χ2n) is 6.69. The maximum Gasteiger partial charge on any atom is 0.296 e. The van der Waals surface area contributed by atoms with Crippen LogP contribution < -0.4 is 10.9 Å². The average Bonchev–Trinajstić information content (AvgIpc) is 3.01. The van der Waals surface area contributed by atoms with Crippen LogP contribution in [0.2, 0.25) is 5.02 Å². The lowest BCUT2D eigenvalue weighted by atomic mass is 9.99. The van der Waals surface area contributed by atoms with E-state index in [0.717, 1.165) is 25.2 Å². The first-order chi connectivity index (χ1) is 12.4. The van der Waals surface area contributed by atoms with Crippen LogP contribution in [0.15, 0.2) is 23.0 Å². The van der Waals surface area contributed by atoms with Gasteiger partial charge in [0.1, 0.15) is 11.6 Å². The first-order valence-electron chi connectivity index (χ1n) is 8.35. The monoisotopic (exact) mass is 376 g/mol. The van der Waals surface area contributed by atoms with E-state index in [9.17, 15) is 19.1 Å². The molecule has 4 rings (SSSR count). The van der Waals surface area contributed by atoms with Crippen LogP contribution in [0.4, 0.5) is 4.39 Å². The van der Waals surface area contributed by atoms with Gasteiger partial charge in [0.25, 0.3) is 11.5 Å². The molecule has 135 valence electrons. The van der Waals surface area contributed by atoms with Crippen molar-refractivity contribution < 1.29 is 14.3 Å². The van der Waals surface area contributed by atoms with Gasteiger partial charge in [-0.05, 0) is 42.9 Å². The van der Waals surface area contributed by atoms with E-state index in [0.29, 0.717) is 23.9 Å². The predicted octanol–water partition coefficient (Wildman–Crippen LogP) is 2.41. The van der Waals surface area contributed by atoms with Crippen LogP contribution in [-0.2, 0) is 13.1 Å². The molecular formula is C18H16ClFN3O3. The first kappa shape index (κ1) is 17.0. The summed E-state index contributed by atoms with van der Waals surface area (Å²) in [6, 6.07) is 4.10. The number of nitrogens with zero attached hydrogens (tertiary/aromatic N) is 2. The van der Waals surface area contributed by atoms with E-state index < -0.39 is 23.0 Å². The number of rotatable bonds is 3. The molecule has 1 radical (unpaired) electrons. The summed E-state index contributed by atoms with van der Waals surface area (Å²) in [5.41, 5.74) is -0.284. The fourth-order valence-electron chi connectivity index (χ4n) is 3.61. The molecule has 1 atom stereocenters. The summed E-state index contributed by atoms with van der Waals surface area (Å²) in [6.45, 7) is 0.589. The Morgan fingerprint density at radius 1 is 1.46 bits per heavy atom. The highest BCUT2D eigenvalue weighted by atomic mass is 35.5. The highest BCUT2D eigenvalue weighted by Crippen LogP contribution is 2.41. The third-order valence-electron chi connectivity index (χ3n) is 4.94. The number of halogens is 2. The van der Waals surface area contributed by atoms with Crippen molar-refractivity contribution in [2.24, 2.45) is 5.92 Å². The number of carbonyl (C=O) groups is 1. The molecule has 2 heterocycles. The van der Waals surface area contributed by atoms with Gasteiger partial charge in [-0.3, -0.25) is 14.2 Å². The van der Waals surface area contributed by atoms with Gasteiger partial charge in [-0.15, -0.1) is 0 Å². The topological polar surface area (TPSA) is 84.2 Å². The Bertz CT molecular complexity index is 959. The predicted molar refractivity (Wildman–Crippen MR) is 92.4 cm³/mol. The highest BCUT2D eigenvalue weighted by molar-refractivity contribution is 6.30. The molecule has 1 aliphatic carbocycles. The van der Waals surface area contributed by atoms with Crippen molar-refractivity contribution in [2.45, 2.75) is 32.4 Å². The van der Waals surface area contributed by atoms with Gasteiger partial charge in [0, 0.05) is 19.0 Å². The van der Waals surface area contributed by atoms with Gasteiger partial charge in [-0.2, -0.15) is 0 Å². The molecule has 1 saturated carbocycles. The van der Waals surface area contributed by atoms with Crippen LogP contribution in [0.1, 0.15) is 41.1 Å². The van der Waals surface area contributed by atoms with Gasteiger partial charge in [0.2, 0.25) is 5.75 Å². The molecule has 1 amide bonds. The van der Waals surface area contributed by atoms with E-state index in [1.54, 1.807) is 0 Å². The van der Waals surface area contributed by atoms with Crippen LogP contribution in [0, 0.1) is 17.7 Å². The van der Waals surface area contributed by atoms with Gasteiger partial charge >= 0.3 is 0 Å². The molecule has 1 aromatic carbocycles. The molecule has 2 aromatic rings. The molecule has 1 fully saturated rings. The SMILES string of the molecule is O=C(NCc1ccc(F)c(Cl)c1)c1nc2n(c(=O)c1O)CC1CC[C]2C1. The molecular weight excluding hydrogens is 361 g/mol. The van der Waals surface area contributed by atoms with Crippen molar-refractivity contribution in [3.05, 3.63) is 62.4 Å². The number of fused-ring (bicyclic) bond motifs is 4. The highest BCUT2D eigenvalue weighted by Gasteiger charge is 2.37. The normalized spacial score (nSPS) is 18.6. The Morgan fingerprint density at radius 2 is 2.27 bits per heavy atom. The molecule has 1 unspecified atom stereocenters. The lowest BCUT2D eigenvalue weighted by molar-refractivity contribution is 0.0941. The van der Waals surface area contributed by atoms with E-state index in [4.69, 9.17) is 11.6 Å². The Kier molecular flexibility index (Phi) is 4.19. The van der Waals surface area contributed by atoms with E-state index in [1.807, 2.05) is 0 Å². The molecule has 6 nitrogen and oxygen atoms in total. The second-order valence-corrected chi connectivity index (χ2v) is 7.10. The summed E-state index contributed by atoms with van der Waals surface area (Å²) in [7, 11) is 0. The molecule has 0 saturated heterocycles. The van der Waals surface area contributed by atoms with Crippen molar-refractivity contribution in [2.75, 3.05) is 0 Å². The van der Waals surface area contributed by atoms with Crippen LogP contribution in [0.25, 0.3) is 0 Å². The average molecular weight is 377 g/mol. The summed E-state index contributed by atoms with van der Waals surface area (Å²) in [5, 5.41) is 12.7. The first-order valence-corrected chi connectivity index (χ1v) is 8.73. The quantitative estimate of drug-likeness (QED) is 0.861. The van der Waals surface area contributed by atoms with E-state index >= 15 is 0 Å². The van der Waals surface area contributed by atoms with Crippen molar-refractivity contribution in [1.29, 1.82) is 0 Å². The van der Waals surface area contributed by atoms with Crippen LogP contribution in [0.5, 0.6) is 5.75 Å². The van der Waals surface area contributed by atoms with Gasteiger partial charge in [-0.1, -0.05) is 17.7 Å². The number of hydrogen-bond acceptors (Lipinski definition) is 4. The van der Waals surface area contributed by atoms with Crippen molar-refractivity contribution in [3.63, 3.8) is 0 Å². The van der Waals surface area contributed by atoms with Gasteiger partial charge < -0.3 is 10.4 Å². The molecule has 8 heteroatoms. The molecule has 2 N–H and O–H groups in total. The van der Waals surface area contributed by atoms with Crippen molar-refractivity contribution in [1.82, 2.24) is 14.9 Å². The fraction of sp³-hybridized carbons (Fsp3) is 0.333. The van der Waals surface area contributed by atoms with E-state index in [1.165, 1.54) is 22.8 Å². The summed E-state index contributed by atoms with van der Waals surface area (Å²) in [6.07, 6.45) is 2.73. The summed E-state index contributed by atoms with van der Waals surface area (Å²) in [5.74, 6) is 0.0960. The minimum Gasteiger partial charge on any atom is -0.501 e. The fourth-order valence-corrected chi connectivity index (χ4v) is 3.81. The summed E-state index contributed by atoms with van der Waals surface area (Å²) < 4.78 is 14.7. The van der Waals surface area contributed by atoms with Gasteiger partial charge in [-0.25, -0.2) is 9.37 Å². The Labute approximate surface area is 153 Å². The van der Waals surface area contributed by atoms with Crippen LogP contribution in [-0.4, -0.2) is 20.6 Å². The zero-order valence-electron chi connectivity index (χ0n) is 13.8. The molecule has 26 heavy (non-hydrogen) atoms. The molecule has 1 aliphatic heterocycles. The molecule has 2 bridgehead atoms. The largest absolute Gasteiger partial charge is 0.501 e. The maximum atomic E-state index is 13.2. The minimum absolute atomic E-state index is 0.0445. The summed E-state index contributed by atoms with van der Waals surface area (Å²) >= 11 is 5.72. The zero-order valence-corrected chi connectivity index (χ0v) is 14.5. The Morgan fingerprint density at radius 3 is 3.04 bits per heavy atom. The lowest BCUT2D eigenvalue weighted by Crippen LogP contribution is -2.35. The minimum atomic E-state index is -0.663. The number of benzene rings is 1. The van der Waals surface area contributed by atoms with Crippen molar-refractivity contribution >= 4 is 17.5 Å². The third-order valence-corrected chi connectivity index (χ3v) is 5.23. The second kappa shape index (κ2) is 6.39.